The molecule has 0 saturated heterocycles. The van der Waals surface area contributed by atoms with Crippen molar-refractivity contribution in [2.45, 2.75) is 0 Å². The van der Waals surface area contributed by atoms with E-state index in [9.17, 15) is 9.90 Å². The number of phenols is 1. The Bertz CT molecular complexity index is 748. The number of anilines is 1. The SMILES string of the molecule is CN(C)c1ccc(C(=O)N/N=C/c2cc(Cl)cc(Cl)c2O)cc1.CO. The van der Waals surface area contributed by atoms with Gasteiger partial charge >= 0.3 is 0 Å². The predicted molar refractivity (Wildman–Crippen MR) is 102 cm³/mol. The van der Waals surface area contributed by atoms with E-state index in [2.05, 4.69) is 10.5 Å². The van der Waals surface area contributed by atoms with Gasteiger partial charge in [0.25, 0.3) is 5.91 Å². The van der Waals surface area contributed by atoms with Crippen molar-refractivity contribution in [2.75, 3.05) is 26.1 Å². The first-order chi connectivity index (χ1) is 11.9. The van der Waals surface area contributed by atoms with Crippen molar-refractivity contribution in [3.63, 3.8) is 0 Å². The summed E-state index contributed by atoms with van der Waals surface area (Å²) in [6.07, 6.45) is 1.28. The molecule has 0 atom stereocenters. The highest BCUT2D eigenvalue weighted by Gasteiger charge is 2.07. The molecule has 0 fully saturated rings. The second-order valence-corrected chi connectivity index (χ2v) is 5.81. The maximum Gasteiger partial charge on any atom is 0.271 e. The third-order valence-electron chi connectivity index (χ3n) is 3.07. The fourth-order valence-electron chi connectivity index (χ4n) is 1.82. The zero-order chi connectivity index (χ0) is 19.0. The molecule has 6 nitrogen and oxygen atoms in total. The van der Waals surface area contributed by atoms with Crippen molar-refractivity contribution >= 4 is 41.0 Å². The van der Waals surface area contributed by atoms with Crippen LogP contribution in [0.4, 0.5) is 5.69 Å². The van der Waals surface area contributed by atoms with E-state index < -0.39 is 0 Å². The number of rotatable bonds is 4. The number of aliphatic hydroxyl groups is 1. The van der Waals surface area contributed by atoms with E-state index in [0.717, 1.165) is 12.8 Å². The molecule has 0 heterocycles. The molecule has 0 unspecified atom stereocenters. The van der Waals surface area contributed by atoms with Crippen LogP contribution in [0.3, 0.4) is 0 Å². The first-order valence-electron chi connectivity index (χ1n) is 7.12. The van der Waals surface area contributed by atoms with Crippen molar-refractivity contribution in [1.29, 1.82) is 0 Å². The summed E-state index contributed by atoms with van der Waals surface area (Å²) in [6.45, 7) is 0. The molecular weight excluding hydrogens is 365 g/mol. The zero-order valence-corrected chi connectivity index (χ0v) is 15.5. The Morgan fingerprint density at radius 2 is 1.76 bits per heavy atom. The molecule has 0 saturated carbocycles. The summed E-state index contributed by atoms with van der Waals surface area (Å²) in [6, 6.07) is 9.98. The van der Waals surface area contributed by atoms with Crippen LogP contribution in [-0.4, -0.2) is 43.5 Å². The number of benzene rings is 2. The molecule has 2 aromatic rings. The summed E-state index contributed by atoms with van der Waals surface area (Å²) in [5.41, 5.74) is 4.16. The number of phenolic OH excluding ortho intramolecular Hbond substituents is 1. The summed E-state index contributed by atoms with van der Waals surface area (Å²) >= 11 is 11.7. The van der Waals surface area contributed by atoms with Crippen molar-refractivity contribution in [2.24, 2.45) is 5.10 Å². The fraction of sp³-hybridized carbons (Fsp3) is 0.176. The van der Waals surface area contributed by atoms with Gasteiger partial charge in [0, 0.05) is 43.0 Å². The predicted octanol–water partition coefficient (Wildman–Crippen LogP) is 3.14. The first kappa shape index (κ1) is 20.8. The lowest BCUT2D eigenvalue weighted by Crippen LogP contribution is -2.18. The molecule has 2 aromatic carbocycles. The Balaban J connectivity index is 0.00000151. The molecule has 2 rings (SSSR count). The number of amides is 1. The molecule has 25 heavy (non-hydrogen) atoms. The Labute approximate surface area is 156 Å². The quantitative estimate of drug-likeness (QED) is 0.559. The highest BCUT2D eigenvalue weighted by molar-refractivity contribution is 6.36. The van der Waals surface area contributed by atoms with Gasteiger partial charge in [-0.25, -0.2) is 5.43 Å². The molecule has 0 aliphatic rings. The van der Waals surface area contributed by atoms with E-state index in [4.69, 9.17) is 28.3 Å². The first-order valence-corrected chi connectivity index (χ1v) is 7.87. The van der Waals surface area contributed by atoms with Crippen molar-refractivity contribution in [3.8, 4) is 5.75 Å². The van der Waals surface area contributed by atoms with Gasteiger partial charge < -0.3 is 15.1 Å². The van der Waals surface area contributed by atoms with Gasteiger partial charge in [0.05, 0.1) is 11.2 Å². The van der Waals surface area contributed by atoms with Crippen molar-refractivity contribution in [1.82, 2.24) is 5.43 Å². The summed E-state index contributed by atoms with van der Waals surface area (Å²) < 4.78 is 0. The van der Waals surface area contributed by atoms with Crippen LogP contribution in [0.25, 0.3) is 0 Å². The Hall–Kier alpha value is -2.28. The van der Waals surface area contributed by atoms with E-state index in [1.165, 1.54) is 18.3 Å². The van der Waals surface area contributed by atoms with E-state index in [-0.39, 0.29) is 16.7 Å². The average molecular weight is 384 g/mol. The van der Waals surface area contributed by atoms with Crippen LogP contribution in [-0.2, 0) is 0 Å². The van der Waals surface area contributed by atoms with Crippen molar-refractivity contribution < 1.29 is 15.0 Å². The number of aromatic hydroxyl groups is 1. The van der Waals surface area contributed by atoms with E-state index >= 15 is 0 Å². The minimum atomic E-state index is -0.362. The number of nitrogens with zero attached hydrogens (tertiary/aromatic N) is 2. The second-order valence-electron chi connectivity index (χ2n) is 4.97. The lowest BCUT2D eigenvalue weighted by atomic mass is 10.2. The number of hydrogen-bond acceptors (Lipinski definition) is 5. The lowest BCUT2D eigenvalue weighted by molar-refractivity contribution is 0.0955. The van der Waals surface area contributed by atoms with Crippen molar-refractivity contribution in [3.05, 3.63) is 57.6 Å². The normalized spacial score (nSPS) is 10.2. The van der Waals surface area contributed by atoms with Gasteiger partial charge in [-0.3, -0.25) is 4.79 Å². The molecule has 0 bridgehead atoms. The monoisotopic (exact) mass is 383 g/mol. The Kier molecular flexibility index (Phi) is 8.21. The van der Waals surface area contributed by atoms with E-state index in [0.29, 0.717) is 16.1 Å². The maximum absolute atomic E-state index is 12.0. The molecular formula is C17H19Cl2N3O3. The molecule has 0 aliphatic carbocycles. The molecule has 8 heteroatoms. The number of hydrogen-bond donors (Lipinski definition) is 3. The third kappa shape index (κ3) is 5.94. The smallest absolute Gasteiger partial charge is 0.271 e. The van der Waals surface area contributed by atoms with Gasteiger partial charge in [0.1, 0.15) is 5.75 Å². The highest BCUT2D eigenvalue weighted by Crippen LogP contribution is 2.29. The molecule has 3 N–H and O–H groups in total. The maximum atomic E-state index is 12.0. The number of carbonyl (C=O) groups excluding carboxylic acids is 1. The van der Waals surface area contributed by atoms with Gasteiger partial charge in [0.2, 0.25) is 0 Å². The fourth-order valence-corrected chi connectivity index (χ4v) is 2.33. The van der Waals surface area contributed by atoms with Crippen LogP contribution in [0, 0.1) is 0 Å². The Morgan fingerprint density at radius 1 is 1.16 bits per heavy atom. The van der Waals surface area contributed by atoms with Gasteiger partial charge in [-0.1, -0.05) is 23.2 Å². The van der Waals surface area contributed by atoms with Crippen LogP contribution < -0.4 is 10.3 Å². The van der Waals surface area contributed by atoms with Gasteiger partial charge in [-0.2, -0.15) is 5.10 Å². The van der Waals surface area contributed by atoms with Crippen LogP contribution in [0.15, 0.2) is 41.5 Å². The zero-order valence-electron chi connectivity index (χ0n) is 14.0. The van der Waals surface area contributed by atoms with Gasteiger partial charge in [-0.15, -0.1) is 0 Å². The number of nitrogens with one attached hydrogen (secondary N) is 1. The summed E-state index contributed by atoms with van der Waals surface area (Å²) in [7, 11) is 4.84. The summed E-state index contributed by atoms with van der Waals surface area (Å²) in [5.74, 6) is -0.511. The summed E-state index contributed by atoms with van der Waals surface area (Å²) in [4.78, 5) is 13.9. The third-order valence-corrected chi connectivity index (χ3v) is 3.58. The number of halogens is 2. The minimum Gasteiger partial charge on any atom is -0.506 e. The number of carbonyl (C=O) groups is 1. The molecule has 0 aromatic heterocycles. The van der Waals surface area contributed by atoms with E-state index in [1.54, 1.807) is 12.1 Å². The summed E-state index contributed by atoms with van der Waals surface area (Å²) in [5, 5.41) is 21.1. The van der Waals surface area contributed by atoms with Crippen LogP contribution >= 0.6 is 23.2 Å². The van der Waals surface area contributed by atoms with E-state index in [1.807, 2.05) is 31.1 Å². The van der Waals surface area contributed by atoms with Gasteiger partial charge in [-0.05, 0) is 36.4 Å². The second kappa shape index (κ2) is 9.88. The van der Waals surface area contributed by atoms with Gasteiger partial charge in [0.15, 0.2) is 0 Å². The van der Waals surface area contributed by atoms with Crippen LogP contribution in [0.1, 0.15) is 15.9 Å². The highest BCUT2D eigenvalue weighted by atomic mass is 35.5. The standard InChI is InChI=1S/C16H15Cl2N3O2.CH4O/c1-21(2)13-5-3-10(4-6-13)16(23)20-19-9-11-7-12(17)8-14(18)15(11)22;1-2/h3-9,22H,1-2H3,(H,20,23);2H,1H3/b19-9+;. The Morgan fingerprint density at radius 3 is 2.32 bits per heavy atom. The molecule has 134 valence electrons. The largest absolute Gasteiger partial charge is 0.506 e. The number of hydrazone groups is 1. The lowest BCUT2D eigenvalue weighted by Gasteiger charge is -2.12. The minimum absolute atomic E-state index is 0.115. The molecule has 0 spiro atoms. The topological polar surface area (TPSA) is 85.2 Å². The molecule has 0 aliphatic heterocycles. The molecule has 1 amide bonds. The van der Waals surface area contributed by atoms with Crippen LogP contribution in [0.5, 0.6) is 5.75 Å². The van der Waals surface area contributed by atoms with Crippen LogP contribution in [0.2, 0.25) is 10.0 Å². The average Bonchev–Trinajstić information content (AvgIpc) is 2.60. The number of aliphatic hydroxyl groups excluding tert-OH is 1. The molecule has 0 radical (unpaired) electrons.